The monoisotopic (exact) mass is 315 g/mol. The number of benzene rings is 2. The van der Waals surface area contributed by atoms with Crippen LogP contribution in [0.4, 0.5) is 5.69 Å². The first-order chi connectivity index (χ1) is 10.4. The van der Waals surface area contributed by atoms with Gasteiger partial charge in [0.05, 0.1) is 28.8 Å². The molecule has 1 heterocycles. The van der Waals surface area contributed by atoms with Crippen molar-refractivity contribution in [3.05, 3.63) is 59.9 Å². The predicted molar refractivity (Wildman–Crippen MR) is 88.1 cm³/mol. The van der Waals surface area contributed by atoms with Gasteiger partial charge in [0.15, 0.2) is 0 Å². The van der Waals surface area contributed by atoms with E-state index in [4.69, 9.17) is 0 Å². The molecule has 0 radical (unpaired) electrons. The van der Waals surface area contributed by atoms with Crippen LogP contribution in [0.15, 0.2) is 48.8 Å². The average Bonchev–Trinajstić information content (AvgIpc) is 2.82. The third-order valence-corrected chi connectivity index (χ3v) is 4.74. The minimum atomic E-state index is -3.45. The topological polar surface area (TPSA) is 64.0 Å². The van der Waals surface area contributed by atoms with Gasteiger partial charge < -0.3 is 4.57 Å². The third-order valence-electron chi connectivity index (χ3n) is 3.48. The molecule has 0 spiro atoms. The molecule has 2 aromatic carbocycles. The summed E-state index contributed by atoms with van der Waals surface area (Å²) >= 11 is 0. The van der Waals surface area contributed by atoms with E-state index in [1.165, 1.54) is 0 Å². The number of imidazole rings is 1. The van der Waals surface area contributed by atoms with Crippen LogP contribution >= 0.6 is 0 Å². The fraction of sp³-hybridized carbons (Fsp3) is 0.188. The Morgan fingerprint density at radius 1 is 1.14 bits per heavy atom. The van der Waals surface area contributed by atoms with E-state index in [1.54, 1.807) is 18.5 Å². The summed E-state index contributed by atoms with van der Waals surface area (Å²) in [6, 6.07) is 12.8. The Labute approximate surface area is 129 Å². The fourth-order valence-corrected chi connectivity index (χ4v) is 3.51. The molecule has 0 aliphatic carbocycles. The van der Waals surface area contributed by atoms with Gasteiger partial charge in [-0.1, -0.05) is 29.8 Å². The SMILES string of the molecule is Cc1ccc(CS(=O)(=O)Nc2ccc3c(c2)ncn3C)cc1. The zero-order chi connectivity index (χ0) is 15.7. The molecule has 3 rings (SSSR count). The standard InChI is InChI=1S/C16H17N3O2S/c1-12-3-5-13(6-4-12)10-22(20,21)18-14-7-8-16-15(9-14)17-11-19(16)2/h3-9,11,18H,10H2,1-2H3. The fourth-order valence-electron chi connectivity index (χ4n) is 2.32. The molecule has 114 valence electrons. The summed E-state index contributed by atoms with van der Waals surface area (Å²) in [4.78, 5) is 4.23. The zero-order valence-corrected chi connectivity index (χ0v) is 13.3. The van der Waals surface area contributed by atoms with Crippen LogP contribution in [0, 0.1) is 6.92 Å². The van der Waals surface area contributed by atoms with E-state index < -0.39 is 10.0 Å². The van der Waals surface area contributed by atoms with Crippen LogP contribution in [0.3, 0.4) is 0 Å². The van der Waals surface area contributed by atoms with Crippen LogP contribution in [0.1, 0.15) is 11.1 Å². The smallest absolute Gasteiger partial charge is 0.236 e. The van der Waals surface area contributed by atoms with Crippen LogP contribution in [0.5, 0.6) is 0 Å². The maximum absolute atomic E-state index is 12.3. The van der Waals surface area contributed by atoms with E-state index in [1.807, 2.05) is 48.9 Å². The lowest BCUT2D eigenvalue weighted by molar-refractivity contribution is 0.600. The first kappa shape index (κ1) is 14.6. The maximum atomic E-state index is 12.3. The Hall–Kier alpha value is -2.34. The number of aromatic nitrogens is 2. The van der Waals surface area contributed by atoms with Crippen molar-refractivity contribution in [1.82, 2.24) is 9.55 Å². The van der Waals surface area contributed by atoms with Crippen molar-refractivity contribution in [2.45, 2.75) is 12.7 Å². The minimum Gasteiger partial charge on any atom is -0.334 e. The maximum Gasteiger partial charge on any atom is 0.236 e. The van der Waals surface area contributed by atoms with Crippen molar-refractivity contribution in [2.24, 2.45) is 7.05 Å². The van der Waals surface area contributed by atoms with Crippen molar-refractivity contribution in [3.8, 4) is 0 Å². The summed E-state index contributed by atoms with van der Waals surface area (Å²) in [5.74, 6) is -0.0481. The second-order valence-corrected chi connectivity index (χ2v) is 7.13. The number of nitrogens with zero attached hydrogens (tertiary/aromatic N) is 2. The number of hydrogen-bond donors (Lipinski definition) is 1. The van der Waals surface area contributed by atoms with E-state index in [2.05, 4.69) is 9.71 Å². The van der Waals surface area contributed by atoms with Gasteiger partial charge in [0.1, 0.15) is 0 Å². The molecule has 1 N–H and O–H groups in total. The Bertz CT molecular complexity index is 912. The number of anilines is 1. The van der Waals surface area contributed by atoms with Gasteiger partial charge in [0.25, 0.3) is 0 Å². The molecule has 0 atom stereocenters. The Morgan fingerprint density at radius 2 is 1.86 bits per heavy atom. The lowest BCUT2D eigenvalue weighted by Gasteiger charge is -2.08. The highest BCUT2D eigenvalue weighted by molar-refractivity contribution is 7.91. The minimum absolute atomic E-state index is 0.0481. The van der Waals surface area contributed by atoms with Crippen molar-refractivity contribution in [2.75, 3.05) is 4.72 Å². The number of fused-ring (bicyclic) bond motifs is 1. The Kier molecular flexibility index (Phi) is 3.62. The number of aryl methyl sites for hydroxylation is 2. The molecule has 0 saturated heterocycles. The van der Waals surface area contributed by atoms with Gasteiger partial charge in [-0.15, -0.1) is 0 Å². The van der Waals surface area contributed by atoms with Crippen molar-refractivity contribution >= 4 is 26.7 Å². The second kappa shape index (κ2) is 5.46. The van der Waals surface area contributed by atoms with Crippen molar-refractivity contribution < 1.29 is 8.42 Å². The molecule has 0 aliphatic heterocycles. The second-order valence-electron chi connectivity index (χ2n) is 5.41. The predicted octanol–water partition coefficient (Wildman–Crippen LogP) is 2.82. The van der Waals surface area contributed by atoms with Crippen LogP contribution in [0.25, 0.3) is 11.0 Å². The van der Waals surface area contributed by atoms with Crippen LogP contribution in [-0.4, -0.2) is 18.0 Å². The van der Waals surface area contributed by atoms with Crippen LogP contribution in [-0.2, 0) is 22.8 Å². The van der Waals surface area contributed by atoms with Gasteiger partial charge in [-0.25, -0.2) is 13.4 Å². The average molecular weight is 315 g/mol. The molecule has 5 nitrogen and oxygen atoms in total. The molecule has 22 heavy (non-hydrogen) atoms. The van der Waals surface area contributed by atoms with Crippen LogP contribution in [0.2, 0.25) is 0 Å². The summed E-state index contributed by atoms with van der Waals surface area (Å²) in [6.07, 6.45) is 1.70. The summed E-state index contributed by atoms with van der Waals surface area (Å²) in [7, 11) is -1.55. The summed E-state index contributed by atoms with van der Waals surface area (Å²) in [5, 5.41) is 0. The molecule has 0 amide bonds. The van der Waals surface area contributed by atoms with Crippen molar-refractivity contribution in [3.63, 3.8) is 0 Å². The van der Waals surface area contributed by atoms with Crippen molar-refractivity contribution in [1.29, 1.82) is 0 Å². The summed E-state index contributed by atoms with van der Waals surface area (Å²) < 4.78 is 29.0. The van der Waals surface area contributed by atoms with Crippen LogP contribution < -0.4 is 4.72 Å². The third kappa shape index (κ3) is 3.12. The van der Waals surface area contributed by atoms with E-state index in [9.17, 15) is 8.42 Å². The summed E-state index contributed by atoms with van der Waals surface area (Å²) in [5.41, 5.74) is 4.12. The molecular formula is C16H17N3O2S. The molecular weight excluding hydrogens is 298 g/mol. The lowest BCUT2D eigenvalue weighted by atomic mass is 10.2. The molecule has 0 aliphatic rings. The Morgan fingerprint density at radius 3 is 2.59 bits per heavy atom. The highest BCUT2D eigenvalue weighted by Crippen LogP contribution is 2.19. The van der Waals surface area contributed by atoms with Gasteiger partial charge in [0, 0.05) is 7.05 Å². The van der Waals surface area contributed by atoms with Gasteiger partial charge >= 0.3 is 0 Å². The van der Waals surface area contributed by atoms with E-state index >= 15 is 0 Å². The molecule has 3 aromatic rings. The first-order valence-electron chi connectivity index (χ1n) is 6.90. The Balaban J connectivity index is 1.81. The lowest BCUT2D eigenvalue weighted by Crippen LogP contribution is -2.15. The molecule has 0 fully saturated rings. The van der Waals surface area contributed by atoms with Gasteiger partial charge in [-0.3, -0.25) is 4.72 Å². The van der Waals surface area contributed by atoms with Gasteiger partial charge in [-0.05, 0) is 30.7 Å². The van der Waals surface area contributed by atoms with Gasteiger partial charge in [0.2, 0.25) is 10.0 Å². The quantitative estimate of drug-likeness (QED) is 0.805. The van der Waals surface area contributed by atoms with E-state index in [-0.39, 0.29) is 5.75 Å². The molecule has 6 heteroatoms. The molecule has 0 bridgehead atoms. The highest BCUT2D eigenvalue weighted by atomic mass is 32.2. The first-order valence-corrected chi connectivity index (χ1v) is 8.55. The number of sulfonamides is 1. The van der Waals surface area contributed by atoms with E-state index in [0.29, 0.717) is 5.69 Å². The summed E-state index contributed by atoms with van der Waals surface area (Å²) in [6.45, 7) is 1.97. The number of nitrogens with one attached hydrogen (secondary N) is 1. The molecule has 0 saturated carbocycles. The number of hydrogen-bond acceptors (Lipinski definition) is 3. The zero-order valence-electron chi connectivity index (χ0n) is 12.4. The molecule has 1 aromatic heterocycles. The highest BCUT2D eigenvalue weighted by Gasteiger charge is 2.12. The normalized spacial score (nSPS) is 11.7. The van der Waals surface area contributed by atoms with E-state index in [0.717, 1.165) is 22.2 Å². The van der Waals surface area contributed by atoms with Gasteiger partial charge in [-0.2, -0.15) is 0 Å². The molecule has 0 unspecified atom stereocenters. The number of rotatable bonds is 4. The largest absolute Gasteiger partial charge is 0.334 e.